The Hall–Kier alpha value is -1.03. The van der Waals surface area contributed by atoms with E-state index in [0.717, 1.165) is 0 Å². The molecule has 4 heteroatoms. The Kier molecular flexibility index (Phi) is 3.10. The Bertz CT molecular complexity index is 228. The first-order valence-corrected chi connectivity index (χ1v) is 3.55. The maximum absolute atomic E-state index is 11.8. The van der Waals surface area contributed by atoms with E-state index in [1.54, 1.807) is 12.1 Å². The lowest BCUT2D eigenvalue weighted by molar-refractivity contribution is -0.00366. The van der Waals surface area contributed by atoms with Crippen molar-refractivity contribution >= 4 is 0 Å². The van der Waals surface area contributed by atoms with E-state index >= 15 is 0 Å². The molecule has 0 amide bonds. The molecule has 0 saturated heterocycles. The summed E-state index contributed by atoms with van der Waals surface area (Å²) in [5, 5.41) is 8.81. The van der Waals surface area contributed by atoms with Crippen molar-refractivity contribution in [1.29, 1.82) is 0 Å². The second kappa shape index (κ2) is 4.11. The maximum atomic E-state index is 11.8. The maximum Gasteiger partial charge on any atom is 0.264 e. The summed E-state index contributed by atoms with van der Waals surface area (Å²) in [4.78, 5) is 3.73. The van der Waals surface area contributed by atoms with Crippen LogP contribution in [0, 0.1) is 0 Å². The number of hydrogen-bond donors (Lipinski definition) is 1. The number of aliphatic hydroxyl groups is 1. The van der Waals surface area contributed by atoms with E-state index in [2.05, 4.69) is 4.98 Å². The number of pyridine rings is 1. The molecule has 0 spiro atoms. The van der Waals surface area contributed by atoms with Gasteiger partial charge in [-0.1, -0.05) is 0 Å². The number of aliphatic hydroxyl groups excluding tert-OH is 1. The lowest BCUT2D eigenvalue weighted by atomic mass is 10.1. The topological polar surface area (TPSA) is 33.1 Å². The molecule has 0 bridgehead atoms. The van der Waals surface area contributed by atoms with Crippen LogP contribution < -0.4 is 0 Å². The summed E-state index contributed by atoms with van der Waals surface area (Å²) in [5.74, 6) is 0. The SMILES string of the molecule is OC(Cc1ccncc1)C(F)F. The molecule has 0 aliphatic carbocycles. The van der Waals surface area contributed by atoms with Crippen LogP contribution in [-0.2, 0) is 6.42 Å². The summed E-state index contributed by atoms with van der Waals surface area (Å²) in [5.41, 5.74) is 0.665. The molecule has 1 heterocycles. The zero-order chi connectivity index (χ0) is 8.97. The summed E-state index contributed by atoms with van der Waals surface area (Å²) in [6.45, 7) is 0. The third kappa shape index (κ3) is 2.54. The molecule has 0 aliphatic heterocycles. The predicted octanol–water partition coefficient (Wildman–Crippen LogP) is 1.25. The fraction of sp³-hybridized carbons (Fsp3) is 0.375. The summed E-state index contributed by atoms with van der Waals surface area (Å²) < 4.78 is 23.7. The zero-order valence-electron chi connectivity index (χ0n) is 6.32. The van der Waals surface area contributed by atoms with Gasteiger partial charge >= 0.3 is 0 Å². The van der Waals surface area contributed by atoms with E-state index in [-0.39, 0.29) is 6.42 Å². The highest BCUT2D eigenvalue weighted by Gasteiger charge is 2.16. The lowest BCUT2D eigenvalue weighted by Crippen LogP contribution is -2.19. The van der Waals surface area contributed by atoms with Gasteiger partial charge in [-0.15, -0.1) is 0 Å². The lowest BCUT2D eigenvalue weighted by Gasteiger charge is -2.07. The molecule has 0 fully saturated rings. The van der Waals surface area contributed by atoms with Crippen molar-refractivity contribution in [2.75, 3.05) is 0 Å². The van der Waals surface area contributed by atoms with Crippen LogP contribution in [-0.4, -0.2) is 22.6 Å². The van der Waals surface area contributed by atoms with Crippen LogP contribution in [0.4, 0.5) is 8.78 Å². The monoisotopic (exact) mass is 173 g/mol. The van der Waals surface area contributed by atoms with Crippen molar-refractivity contribution in [1.82, 2.24) is 4.98 Å². The van der Waals surface area contributed by atoms with E-state index in [0.29, 0.717) is 5.56 Å². The van der Waals surface area contributed by atoms with Gasteiger partial charge in [-0.2, -0.15) is 0 Å². The molecule has 1 rings (SSSR count). The molecule has 66 valence electrons. The molecule has 2 nitrogen and oxygen atoms in total. The molecule has 1 aromatic heterocycles. The Morgan fingerprint density at radius 2 is 1.92 bits per heavy atom. The number of halogens is 2. The van der Waals surface area contributed by atoms with E-state index in [1.165, 1.54) is 12.4 Å². The second-order valence-corrected chi connectivity index (χ2v) is 2.46. The van der Waals surface area contributed by atoms with Gasteiger partial charge < -0.3 is 5.11 Å². The number of nitrogens with zero attached hydrogens (tertiary/aromatic N) is 1. The smallest absolute Gasteiger partial charge is 0.264 e. The fourth-order valence-electron chi connectivity index (χ4n) is 0.849. The number of hydrogen-bond acceptors (Lipinski definition) is 2. The molecule has 12 heavy (non-hydrogen) atoms. The molecular weight excluding hydrogens is 164 g/mol. The van der Waals surface area contributed by atoms with Crippen LogP contribution in [0.25, 0.3) is 0 Å². The fourth-order valence-corrected chi connectivity index (χ4v) is 0.849. The van der Waals surface area contributed by atoms with E-state index in [9.17, 15) is 8.78 Å². The number of rotatable bonds is 3. The quantitative estimate of drug-likeness (QED) is 0.746. The van der Waals surface area contributed by atoms with Gasteiger partial charge in [0.2, 0.25) is 0 Å². The largest absolute Gasteiger partial charge is 0.387 e. The van der Waals surface area contributed by atoms with Crippen molar-refractivity contribution in [3.8, 4) is 0 Å². The van der Waals surface area contributed by atoms with Crippen molar-refractivity contribution < 1.29 is 13.9 Å². The van der Waals surface area contributed by atoms with Gasteiger partial charge in [-0.3, -0.25) is 4.98 Å². The van der Waals surface area contributed by atoms with Gasteiger partial charge in [0.15, 0.2) is 0 Å². The van der Waals surface area contributed by atoms with E-state index in [4.69, 9.17) is 5.11 Å². The molecule has 0 aliphatic rings. The van der Waals surface area contributed by atoms with Crippen molar-refractivity contribution in [2.24, 2.45) is 0 Å². The Morgan fingerprint density at radius 1 is 1.33 bits per heavy atom. The van der Waals surface area contributed by atoms with Crippen molar-refractivity contribution in [3.63, 3.8) is 0 Å². The van der Waals surface area contributed by atoms with Crippen LogP contribution in [0.5, 0.6) is 0 Å². The Balaban J connectivity index is 2.53. The highest BCUT2D eigenvalue weighted by atomic mass is 19.3. The molecule has 1 N–H and O–H groups in total. The first-order valence-electron chi connectivity index (χ1n) is 3.55. The summed E-state index contributed by atoms with van der Waals surface area (Å²) in [6.07, 6.45) is -1.27. The summed E-state index contributed by atoms with van der Waals surface area (Å²) >= 11 is 0. The minimum atomic E-state index is -2.68. The molecule has 0 saturated carbocycles. The van der Waals surface area contributed by atoms with Gasteiger partial charge in [-0.05, 0) is 17.7 Å². The molecule has 0 radical (unpaired) electrons. The number of aromatic nitrogens is 1. The van der Waals surface area contributed by atoms with Gasteiger partial charge in [0.25, 0.3) is 6.43 Å². The second-order valence-electron chi connectivity index (χ2n) is 2.46. The molecule has 1 aromatic rings. The molecule has 1 unspecified atom stereocenters. The first kappa shape index (κ1) is 9.06. The Morgan fingerprint density at radius 3 is 2.42 bits per heavy atom. The van der Waals surface area contributed by atoms with Gasteiger partial charge in [-0.25, -0.2) is 8.78 Å². The van der Waals surface area contributed by atoms with Crippen molar-refractivity contribution in [2.45, 2.75) is 19.0 Å². The molecular formula is C8H9F2NO. The normalized spacial score (nSPS) is 13.3. The highest BCUT2D eigenvalue weighted by molar-refractivity contribution is 5.10. The predicted molar refractivity (Wildman–Crippen MR) is 40.0 cm³/mol. The van der Waals surface area contributed by atoms with Crippen LogP contribution in [0.15, 0.2) is 24.5 Å². The molecule has 1 atom stereocenters. The van der Waals surface area contributed by atoms with Crippen LogP contribution in [0.3, 0.4) is 0 Å². The summed E-state index contributed by atoms with van der Waals surface area (Å²) in [6, 6.07) is 3.21. The molecule has 0 aromatic carbocycles. The van der Waals surface area contributed by atoms with E-state index < -0.39 is 12.5 Å². The minimum Gasteiger partial charge on any atom is -0.387 e. The van der Waals surface area contributed by atoms with Gasteiger partial charge in [0.05, 0.1) is 0 Å². The average Bonchev–Trinajstić information content (AvgIpc) is 2.06. The standard InChI is InChI=1S/C8H9F2NO/c9-8(10)7(12)5-6-1-3-11-4-2-6/h1-4,7-8,12H,5H2. The first-order chi connectivity index (χ1) is 5.70. The van der Waals surface area contributed by atoms with E-state index in [1.807, 2.05) is 0 Å². The third-order valence-corrected chi connectivity index (χ3v) is 1.49. The van der Waals surface area contributed by atoms with Gasteiger partial charge in [0.1, 0.15) is 6.10 Å². The van der Waals surface area contributed by atoms with Crippen LogP contribution >= 0.6 is 0 Å². The van der Waals surface area contributed by atoms with Gasteiger partial charge in [0, 0.05) is 18.8 Å². The summed E-state index contributed by atoms with van der Waals surface area (Å²) in [7, 11) is 0. The highest BCUT2D eigenvalue weighted by Crippen LogP contribution is 2.07. The minimum absolute atomic E-state index is 0.0276. The third-order valence-electron chi connectivity index (χ3n) is 1.49. The van der Waals surface area contributed by atoms with Crippen LogP contribution in [0.2, 0.25) is 0 Å². The zero-order valence-corrected chi connectivity index (χ0v) is 6.32. The Labute approximate surface area is 68.9 Å². The van der Waals surface area contributed by atoms with Crippen LogP contribution in [0.1, 0.15) is 5.56 Å². The van der Waals surface area contributed by atoms with Crippen molar-refractivity contribution in [3.05, 3.63) is 30.1 Å². The number of alkyl halides is 2. The average molecular weight is 173 g/mol.